The number of nitrogens with zero attached hydrogens (tertiary/aromatic N) is 4. The Morgan fingerprint density at radius 1 is 1.25 bits per heavy atom. The largest absolute Gasteiger partial charge is 0.479 e. The summed E-state index contributed by atoms with van der Waals surface area (Å²) >= 11 is 0. The van der Waals surface area contributed by atoms with Crippen LogP contribution in [0.3, 0.4) is 0 Å². The Morgan fingerprint density at radius 3 is 2.67 bits per heavy atom. The number of fused-ring (bicyclic) bond motifs is 2. The van der Waals surface area contributed by atoms with Gasteiger partial charge in [-0.15, -0.1) is 0 Å². The van der Waals surface area contributed by atoms with Crippen molar-refractivity contribution in [3.8, 4) is 0 Å². The number of benzene rings is 1. The SMILES string of the molecule is C[C@H](O)C(=O)O.Cc1nc2n(c(=O)c1CCN1CCC(c3noc4cc(F)ccc34)CC1)CCCC2. The zero-order chi connectivity index (χ0) is 25.8. The molecule has 0 unspecified atom stereocenters. The maximum Gasteiger partial charge on any atom is 0.332 e. The molecule has 1 aromatic carbocycles. The molecular formula is C26H33FN4O5. The fourth-order valence-corrected chi connectivity index (χ4v) is 4.94. The third-order valence-corrected chi connectivity index (χ3v) is 7.05. The Morgan fingerprint density at radius 2 is 1.97 bits per heavy atom. The molecule has 1 saturated heterocycles. The molecule has 0 aliphatic carbocycles. The summed E-state index contributed by atoms with van der Waals surface area (Å²) in [4.78, 5) is 29.5. The first kappa shape index (κ1) is 26.0. The lowest BCUT2D eigenvalue weighted by Crippen LogP contribution is -2.37. The summed E-state index contributed by atoms with van der Waals surface area (Å²) in [6.45, 7) is 6.75. The molecule has 4 heterocycles. The van der Waals surface area contributed by atoms with E-state index in [9.17, 15) is 14.0 Å². The van der Waals surface area contributed by atoms with Crippen LogP contribution in [0.5, 0.6) is 0 Å². The number of hydrogen-bond acceptors (Lipinski definition) is 7. The molecule has 36 heavy (non-hydrogen) atoms. The normalized spacial score (nSPS) is 17.3. The average molecular weight is 501 g/mol. The van der Waals surface area contributed by atoms with Crippen molar-refractivity contribution in [2.75, 3.05) is 19.6 Å². The number of carboxylic acid groups (broad SMARTS) is 1. The minimum Gasteiger partial charge on any atom is -0.479 e. The van der Waals surface area contributed by atoms with E-state index in [4.69, 9.17) is 19.7 Å². The first-order valence-electron chi connectivity index (χ1n) is 12.5. The van der Waals surface area contributed by atoms with E-state index in [0.717, 1.165) is 92.9 Å². The molecule has 2 aliphatic rings. The van der Waals surface area contributed by atoms with Crippen molar-refractivity contribution in [2.45, 2.75) is 70.9 Å². The van der Waals surface area contributed by atoms with Crippen LogP contribution in [-0.4, -0.2) is 61.5 Å². The fourth-order valence-electron chi connectivity index (χ4n) is 4.94. The van der Waals surface area contributed by atoms with Crippen molar-refractivity contribution in [1.82, 2.24) is 19.6 Å². The summed E-state index contributed by atoms with van der Waals surface area (Å²) in [5.74, 6) is -0.211. The lowest BCUT2D eigenvalue weighted by atomic mass is 9.91. The van der Waals surface area contributed by atoms with Gasteiger partial charge in [0.25, 0.3) is 5.56 Å². The molecule has 1 fully saturated rings. The van der Waals surface area contributed by atoms with Gasteiger partial charge in [0.05, 0.1) is 5.69 Å². The van der Waals surface area contributed by atoms with Gasteiger partial charge in [-0.25, -0.2) is 14.2 Å². The highest BCUT2D eigenvalue weighted by Crippen LogP contribution is 2.32. The molecule has 3 aromatic rings. The molecule has 2 aliphatic heterocycles. The van der Waals surface area contributed by atoms with Gasteiger partial charge in [0, 0.05) is 48.1 Å². The summed E-state index contributed by atoms with van der Waals surface area (Å²) in [7, 11) is 0. The second-order valence-electron chi connectivity index (χ2n) is 9.59. The second-order valence-corrected chi connectivity index (χ2v) is 9.59. The van der Waals surface area contributed by atoms with Crippen molar-refractivity contribution in [1.29, 1.82) is 0 Å². The van der Waals surface area contributed by atoms with Gasteiger partial charge >= 0.3 is 5.97 Å². The molecule has 5 rings (SSSR count). The molecule has 10 heteroatoms. The fraction of sp³-hybridized carbons (Fsp3) is 0.538. The highest BCUT2D eigenvalue weighted by molar-refractivity contribution is 5.79. The number of aliphatic carboxylic acids is 1. The summed E-state index contributed by atoms with van der Waals surface area (Å²) in [6.07, 6.45) is 4.58. The molecule has 0 amide bonds. The minimum absolute atomic E-state index is 0.161. The topological polar surface area (TPSA) is 122 Å². The molecule has 0 saturated carbocycles. The summed E-state index contributed by atoms with van der Waals surface area (Å²) in [6, 6.07) is 4.63. The van der Waals surface area contributed by atoms with E-state index in [-0.39, 0.29) is 11.4 Å². The van der Waals surface area contributed by atoms with Crippen LogP contribution >= 0.6 is 0 Å². The molecule has 0 spiro atoms. The molecule has 2 N–H and O–H groups in total. The number of aryl methyl sites for hydroxylation is 2. The molecule has 1 atom stereocenters. The Kier molecular flexibility index (Phi) is 8.15. The van der Waals surface area contributed by atoms with Crippen LogP contribution in [0, 0.1) is 12.7 Å². The van der Waals surface area contributed by atoms with Crippen molar-refractivity contribution in [3.63, 3.8) is 0 Å². The third-order valence-electron chi connectivity index (χ3n) is 7.05. The second kappa shape index (κ2) is 11.3. The van der Waals surface area contributed by atoms with E-state index in [0.29, 0.717) is 11.5 Å². The molecule has 9 nitrogen and oxygen atoms in total. The molecule has 194 valence electrons. The van der Waals surface area contributed by atoms with Gasteiger partial charge < -0.3 is 19.6 Å². The molecule has 2 aromatic heterocycles. The number of rotatable bonds is 5. The summed E-state index contributed by atoms with van der Waals surface area (Å²) in [5, 5.41) is 20.9. The Labute approximate surface area is 208 Å². The smallest absolute Gasteiger partial charge is 0.332 e. The van der Waals surface area contributed by atoms with E-state index in [1.54, 1.807) is 6.07 Å². The Balaban J connectivity index is 0.000000455. The number of hydrogen-bond donors (Lipinski definition) is 2. The first-order chi connectivity index (χ1) is 17.2. The monoisotopic (exact) mass is 500 g/mol. The number of likely N-dealkylation sites (tertiary alicyclic amines) is 1. The lowest BCUT2D eigenvalue weighted by Gasteiger charge is -2.31. The Bertz CT molecular complexity index is 1280. The summed E-state index contributed by atoms with van der Waals surface area (Å²) < 4.78 is 20.6. The first-order valence-corrected chi connectivity index (χ1v) is 12.5. The van der Waals surface area contributed by atoms with E-state index < -0.39 is 12.1 Å². The van der Waals surface area contributed by atoms with Gasteiger partial charge in [0.2, 0.25) is 0 Å². The van der Waals surface area contributed by atoms with Crippen LogP contribution in [0.4, 0.5) is 4.39 Å². The van der Waals surface area contributed by atoms with Crippen molar-refractivity contribution >= 4 is 16.9 Å². The molecule has 0 bridgehead atoms. The predicted molar refractivity (Wildman–Crippen MR) is 132 cm³/mol. The van der Waals surface area contributed by atoms with Crippen molar-refractivity contribution in [3.05, 3.63) is 57.1 Å². The molecule has 0 radical (unpaired) electrons. The van der Waals surface area contributed by atoms with E-state index in [2.05, 4.69) is 10.1 Å². The van der Waals surface area contributed by atoms with Crippen LogP contribution in [-0.2, 0) is 24.2 Å². The number of aromatic nitrogens is 3. The van der Waals surface area contributed by atoms with Gasteiger partial charge in [-0.3, -0.25) is 9.36 Å². The minimum atomic E-state index is -1.23. The maximum absolute atomic E-state index is 13.4. The quantitative estimate of drug-likeness (QED) is 0.548. The zero-order valence-corrected chi connectivity index (χ0v) is 20.7. The lowest BCUT2D eigenvalue weighted by molar-refractivity contribution is -0.145. The van der Waals surface area contributed by atoms with Crippen LogP contribution in [0.25, 0.3) is 11.0 Å². The highest BCUT2D eigenvalue weighted by atomic mass is 19.1. The maximum atomic E-state index is 13.4. The van der Waals surface area contributed by atoms with E-state index in [1.165, 1.54) is 19.1 Å². The van der Waals surface area contributed by atoms with E-state index in [1.807, 2.05) is 11.5 Å². The van der Waals surface area contributed by atoms with Crippen LogP contribution in [0.15, 0.2) is 27.5 Å². The third kappa shape index (κ3) is 5.82. The van der Waals surface area contributed by atoms with Gasteiger partial charge in [-0.05, 0) is 71.2 Å². The van der Waals surface area contributed by atoms with Gasteiger partial charge in [-0.1, -0.05) is 5.16 Å². The number of halogens is 1. The molecular weight excluding hydrogens is 467 g/mol. The van der Waals surface area contributed by atoms with Gasteiger partial charge in [0.15, 0.2) is 5.58 Å². The van der Waals surface area contributed by atoms with Crippen LogP contribution < -0.4 is 5.56 Å². The number of aliphatic hydroxyl groups excluding tert-OH is 1. The van der Waals surface area contributed by atoms with Gasteiger partial charge in [-0.2, -0.15) is 0 Å². The summed E-state index contributed by atoms with van der Waals surface area (Å²) in [5.41, 5.74) is 3.38. The van der Waals surface area contributed by atoms with Gasteiger partial charge in [0.1, 0.15) is 17.7 Å². The average Bonchev–Trinajstić information content (AvgIpc) is 3.27. The number of piperidine rings is 1. The van der Waals surface area contributed by atoms with Crippen molar-refractivity contribution < 1.29 is 23.9 Å². The van der Waals surface area contributed by atoms with E-state index >= 15 is 0 Å². The van der Waals surface area contributed by atoms with Crippen LogP contribution in [0.2, 0.25) is 0 Å². The standard InChI is InChI=1S/C23H27FN4O2.C3H6O3/c1-15-18(23(29)28-10-3-2-4-21(28)25-15)9-13-27-11-7-16(8-12-27)22-19-6-5-17(24)14-20(19)30-26-22;1-2(4)3(5)6/h5-6,14,16H,2-4,7-13H2,1H3;2,4H,1H3,(H,5,6)/t;2-/m.0/s1. The number of aliphatic hydroxyl groups is 1. The zero-order valence-electron chi connectivity index (χ0n) is 20.7. The predicted octanol–water partition coefficient (Wildman–Crippen LogP) is 3.04. The van der Waals surface area contributed by atoms with Crippen LogP contribution in [0.1, 0.15) is 61.3 Å². The number of carboxylic acids is 1. The number of carbonyl (C=O) groups is 1. The highest BCUT2D eigenvalue weighted by Gasteiger charge is 2.25. The van der Waals surface area contributed by atoms with Crippen molar-refractivity contribution in [2.24, 2.45) is 0 Å². The Hall–Kier alpha value is -3.11.